The molecule has 0 spiro atoms. The normalized spacial score (nSPS) is 10.2. The minimum Gasteiger partial charge on any atom is -0.386 e. The van der Waals surface area contributed by atoms with Crippen molar-refractivity contribution in [1.29, 1.82) is 0 Å². The van der Waals surface area contributed by atoms with Gasteiger partial charge in [-0.3, -0.25) is 0 Å². The molecule has 0 unspecified atom stereocenters. The van der Waals surface area contributed by atoms with Crippen LogP contribution < -0.4 is 4.74 Å². The number of thioether (sulfide) groups is 1. The Bertz CT molecular complexity index is 368. The molecule has 0 aromatic carbocycles. The van der Waals surface area contributed by atoms with Crippen LogP contribution in [0.4, 0.5) is 4.79 Å². The number of ether oxygens (including phenoxy) is 1. The SMILES string of the molecule is CCSCc1onc(OC(=O)N(C)C)c1Cl. The van der Waals surface area contributed by atoms with E-state index < -0.39 is 6.09 Å². The summed E-state index contributed by atoms with van der Waals surface area (Å²) in [6, 6.07) is 0. The van der Waals surface area contributed by atoms with Crippen molar-refractivity contribution in [1.82, 2.24) is 10.1 Å². The molecular formula is C9H13ClN2O3S. The van der Waals surface area contributed by atoms with Crippen LogP contribution in [-0.2, 0) is 5.75 Å². The number of aromatic nitrogens is 1. The largest absolute Gasteiger partial charge is 0.416 e. The van der Waals surface area contributed by atoms with Gasteiger partial charge in [-0.2, -0.15) is 11.8 Å². The lowest BCUT2D eigenvalue weighted by Crippen LogP contribution is -2.25. The molecular weight excluding hydrogens is 252 g/mol. The minimum atomic E-state index is -0.537. The molecule has 1 rings (SSSR count). The standard InChI is InChI=1S/C9H13ClN2O3S/c1-4-16-5-6-7(10)8(11-15-6)14-9(13)12(2)3/h4-5H2,1-3H3. The summed E-state index contributed by atoms with van der Waals surface area (Å²) >= 11 is 7.59. The first-order valence-corrected chi connectivity index (χ1v) is 6.20. The predicted octanol–water partition coefficient (Wildman–Crippen LogP) is 2.64. The van der Waals surface area contributed by atoms with Crippen molar-refractivity contribution in [3.8, 4) is 5.88 Å². The highest BCUT2D eigenvalue weighted by molar-refractivity contribution is 7.98. The summed E-state index contributed by atoms with van der Waals surface area (Å²) in [5.74, 6) is 2.10. The molecule has 0 aliphatic carbocycles. The van der Waals surface area contributed by atoms with Gasteiger partial charge in [0.2, 0.25) is 0 Å². The van der Waals surface area contributed by atoms with E-state index in [0.29, 0.717) is 11.5 Å². The van der Waals surface area contributed by atoms with Gasteiger partial charge in [-0.05, 0) is 10.9 Å². The summed E-state index contributed by atoms with van der Waals surface area (Å²) in [6.45, 7) is 2.03. The van der Waals surface area contributed by atoms with Crippen LogP contribution in [0, 0.1) is 0 Å². The number of carbonyl (C=O) groups is 1. The third-order valence-electron chi connectivity index (χ3n) is 1.66. The minimum absolute atomic E-state index is 0.0204. The molecule has 0 atom stereocenters. The van der Waals surface area contributed by atoms with E-state index >= 15 is 0 Å². The Morgan fingerprint density at radius 2 is 2.31 bits per heavy atom. The molecule has 0 N–H and O–H groups in total. The highest BCUT2D eigenvalue weighted by atomic mass is 35.5. The molecule has 16 heavy (non-hydrogen) atoms. The van der Waals surface area contributed by atoms with Crippen molar-refractivity contribution in [2.45, 2.75) is 12.7 Å². The second-order valence-corrected chi connectivity index (χ2v) is 4.78. The van der Waals surface area contributed by atoms with Crippen LogP contribution in [-0.4, -0.2) is 36.0 Å². The number of hydrogen-bond acceptors (Lipinski definition) is 5. The lowest BCUT2D eigenvalue weighted by atomic mass is 10.5. The third kappa shape index (κ3) is 3.31. The van der Waals surface area contributed by atoms with Gasteiger partial charge in [0, 0.05) is 14.1 Å². The highest BCUT2D eigenvalue weighted by Crippen LogP contribution is 2.30. The lowest BCUT2D eigenvalue weighted by molar-refractivity contribution is 0.167. The number of rotatable bonds is 4. The zero-order valence-electron chi connectivity index (χ0n) is 9.32. The van der Waals surface area contributed by atoms with Gasteiger partial charge in [0.1, 0.15) is 5.02 Å². The van der Waals surface area contributed by atoms with E-state index in [9.17, 15) is 4.79 Å². The molecule has 0 radical (unpaired) electrons. The van der Waals surface area contributed by atoms with Crippen LogP contribution in [0.1, 0.15) is 12.7 Å². The first-order chi connectivity index (χ1) is 7.56. The van der Waals surface area contributed by atoms with E-state index in [1.165, 1.54) is 4.90 Å². The third-order valence-corrected chi connectivity index (χ3v) is 2.90. The van der Waals surface area contributed by atoms with Crippen LogP contribution >= 0.6 is 23.4 Å². The number of hydrogen-bond donors (Lipinski definition) is 0. The Labute approximate surface area is 103 Å². The van der Waals surface area contributed by atoms with Gasteiger partial charge < -0.3 is 14.2 Å². The maximum Gasteiger partial charge on any atom is 0.416 e. The van der Waals surface area contributed by atoms with Crippen LogP contribution in [0.25, 0.3) is 0 Å². The molecule has 90 valence electrons. The van der Waals surface area contributed by atoms with Crippen molar-refractivity contribution in [2.24, 2.45) is 0 Å². The Hall–Kier alpha value is -0.880. The molecule has 0 aliphatic heterocycles. The van der Waals surface area contributed by atoms with E-state index in [1.807, 2.05) is 6.92 Å². The van der Waals surface area contributed by atoms with Crippen LogP contribution in [0.5, 0.6) is 5.88 Å². The van der Waals surface area contributed by atoms with Gasteiger partial charge in [0.25, 0.3) is 5.88 Å². The van der Waals surface area contributed by atoms with Crippen molar-refractivity contribution in [3.63, 3.8) is 0 Å². The second kappa shape index (κ2) is 6.00. The van der Waals surface area contributed by atoms with Gasteiger partial charge >= 0.3 is 6.09 Å². The summed E-state index contributed by atoms with van der Waals surface area (Å²) in [7, 11) is 3.15. The van der Waals surface area contributed by atoms with Crippen molar-refractivity contribution in [3.05, 3.63) is 10.8 Å². The van der Waals surface area contributed by atoms with Crippen molar-refractivity contribution in [2.75, 3.05) is 19.8 Å². The fraction of sp³-hybridized carbons (Fsp3) is 0.556. The first kappa shape index (κ1) is 13.2. The lowest BCUT2D eigenvalue weighted by Gasteiger charge is -2.07. The van der Waals surface area contributed by atoms with Gasteiger partial charge in [-0.25, -0.2) is 4.79 Å². The highest BCUT2D eigenvalue weighted by Gasteiger charge is 2.18. The molecule has 5 nitrogen and oxygen atoms in total. The summed E-state index contributed by atoms with van der Waals surface area (Å²) in [5, 5.41) is 3.86. The Morgan fingerprint density at radius 3 is 2.88 bits per heavy atom. The zero-order chi connectivity index (χ0) is 12.1. The number of nitrogens with zero attached hydrogens (tertiary/aromatic N) is 2. The van der Waals surface area contributed by atoms with E-state index in [0.717, 1.165) is 5.75 Å². The molecule has 1 amide bonds. The topological polar surface area (TPSA) is 55.6 Å². The fourth-order valence-electron chi connectivity index (χ4n) is 0.818. The smallest absolute Gasteiger partial charge is 0.386 e. The number of amides is 1. The van der Waals surface area contributed by atoms with Crippen molar-refractivity contribution < 1.29 is 14.1 Å². The maximum absolute atomic E-state index is 11.2. The first-order valence-electron chi connectivity index (χ1n) is 4.67. The summed E-state index contributed by atoms with van der Waals surface area (Å²) < 4.78 is 9.89. The molecule has 0 aliphatic rings. The molecule has 1 aromatic rings. The molecule has 1 heterocycles. The Kier molecular flexibility index (Phi) is 4.95. The molecule has 0 bridgehead atoms. The summed E-state index contributed by atoms with van der Waals surface area (Å²) in [5.41, 5.74) is 0. The van der Waals surface area contributed by atoms with Crippen LogP contribution in [0.15, 0.2) is 4.52 Å². The average Bonchev–Trinajstić information content (AvgIpc) is 2.57. The summed E-state index contributed by atoms with van der Waals surface area (Å²) in [4.78, 5) is 12.5. The predicted molar refractivity (Wildman–Crippen MR) is 63.1 cm³/mol. The van der Waals surface area contributed by atoms with Crippen LogP contribution in [0.2, 0.25) is 5.02 Å². The molecule has 0 fully saturated rings. The van der Waals surface area contributed by atoms with Crippen molar-refractivity contribution >= 4 is 29.5 Å². The quantitative estimate of drug-likeness (QED) is 0.837. The zero-order valence-corrected chi connectivity index (χ0v) is 10.9. The van der Waals surface area contributed by atoms with Crippen LogP contribution in [0.3, 0.4) is 0 Å². The van der Waals surface area contributed by atoms with E-state index in [2.05, 4.69) is 5.16 Å². The van der Waals surface area contributed by atoms with E-state index in [1.54, 1.807) is 25.9 Å². The maximum atomic E-state index is 11.2. The van der Waals surface area contributed by atoms with E-state index in [-0.39, 0.29) is 10.9 Å². The van der Waals surface area contributed by atoms with Gasteiger partial charge in [0.05, 0.1) is 5.75 Å². The van der Waals surface area contributed by atoms with Gasteiger partial charge in [-0.1, -0.05) is 18.5 Å². The average molecular weight is 265 g/mol. The van der Waals surface area contributed by atoms with E-state index in [4.69, 9.17) is 20.9 Å². The Morgan fingerprint density at radius 1 is 1.62 bits per heavy atom. The Balaban J connectivity index is 2.68. The molecule has 7 heteroatoms. The molecule has 0 saturated heterocycles. The number of carbonyl (C=O) groups excluding carboxylic acids is 1. The monoisotopic (exact) mass is 264 g/mol. The van der Waals surface area contributed by atoms with Gasteiger partial charge in [-0.15, -0.1) is 0 Å². The second-order valence-electron chi connectivity index (χ2n) is 3.12. The molecule has 1 aromatic heterocycles. The fourth-order valence-corrected chi connectivity index (χ4v) is 1.66. The van der Waals surface area contributed by atoms with Gasteiger partial charge in [0.15, 0.2) is 5.76 Å². The number of halogens is 1. The summed E-state index contributed by atoms with van der Waals surface area (Å²) in [6.07, 6.45) is -0.537. The molecule has 0 saturated carbocycles.